The summed E-state index contributed by atoms with van der Waals surface area (Å²) in [5.41, 5.74) is 1.65. The van der Waals surface area contributed by atoms with Crippen molar-refractivity contribution in [3.05, 3.63) is 74.8 Å². The van der Waals surface area contributed by atoms with Gasteiger partial charge in [0.1, 0.15) is 0 Å². The minimum atomic E-state index is -0.629. The molecule has 21 heavy (non-hydrogen) atoms. The molecule has 1 aromatic carbocycles. The molecule has 3 rings (SSSR count). The van der Waals surface area contributed by atoms with Gasteiger partial charge in [0.25, 0.3) is 0 Å². The molecule has 2 heterocycles. The van der Waals surface area contributed by atoms with Crippen molar-refractivity contribution in [1.82, 2.24) is 15.2 Å². The van der Waals surface area contributed by atoms with Crippen LogP contribution < -0.4 is 11.0 Å². The number of H-pyrrole nitrogens is 2. The zero-order valence-electron chi connectivity index (χ0n) is 11.1. The Morgan fingerprint density at radius 2 is 1.86 bits per heavy atom. The van der Waals surface area contributed by atoms with E-state index in [4.69, 9.17) is 4.42 Å². The standard InChI is InChI=1S/C15H13N3O3/c19-13-7-12(17-18-15(13)20)6-3-10-1-4-11(5-2-10)14-8-16-9-21-14/h1-2,4-5,7-9H,3,6H2,(H,17,19)(H,18,20). The number of aromatic nitrogens is 3. The Bertz CT molecular complexity index is 830. The van der Waals surface area contributed by atoms with Gasteiger partial charge in [-0.05, 0) is 18.4 Å². The second kappa shape index (κ2) is 5.62. The first-order chi connectivity index (χ1) is 10.2. The number of oxazole rings is 1. The van der Waals surface area contributed by atoms with E-state index >= 15 is 0 Å². The van der Waals surface area contributed by atoms with Gasteiger partial charge in [0, 0.05) is 17.3 Å². The first kappa shape index (κ1) is 13.1. The number of nitrogens with zero attached hydrogens (tertiary/aromatic N) is 1. The van der Waals surface area contributed by atoms with E-state index < -0.39 is 11.0 Å². The Morgan fingerprint density at radius 3 is 2.52 bits per heavy atom. The van der Waals surface area contributed by atoms with Gasteiger partial charge in [-0.3, -0.25) is 14.7 Å². The molecule has 0 aliphatic rings. The summed E-state index contributed by atoms with van der Waals surface area (Å²) >= 11 is 0. The Kier molecular flexibility index (Phi) is 3.51. The number of rotatable bonds is 4. The topological polar surface area (TPSA) is 91.8 Å². The van der Waals surface area contributed by atoms with Gasteiger partial charge in [0.05, 0.1) is 6.20 Å². The molecule has 0 aliphatic carbocycles. The Labute approximate surface area is 119 Å². The van der Waals surface area contributed by atoms with Crippen LogP contribution in [-0.4, -0.2) is 15.2 Å². The van der Waals surface area contributed by atoms with Crippen molar-refractivity contribution >= 4 is 0 Å². The average Bonchev–Trinajstić information content (AvgIpc) is 3.03. The average molecular weight is 283 g/mol. The highest BCUT2D eigenvalue weighted by molar-refractivity contribution is 5.56. The minimum absolute atomic E-state index is 0.524. The van der Waals surface area contributed by atoms with Crippen LogP contribution in [0.25, 0.3) is 11.3 Å². The van der Waals surface area contributed by atoms with Gasteiger partial charge < -0.3 is 9.52 Å². The van der Waals surface area contributed by atoms with E-state index in [9.17, 15) is 9.59 Å². The van der Waals surface area contributed by atoms with Crippen LogP contribution >= 0.6 is 0 Å². The van der Waals surface area contributed by atoms with E-state index in [1.807, 2.05) is 24.3 Å². The SMILES string of the molecule is O=c1cc(CCc2ccc(-c3cnco3)cc2)[nH][nH]c1=O. The maximum Gasteiger partial charge on any atom is 0.310 e. The number of aryl methyl sites for hydroxylation is 2. The van der Waals surface area contributed by atoms with Crippen molar-refractivity contribution in [2.45, 2.75) is 12.8 Å². The van der Waals surface area contributed by atoms with E-state index in [1.54, 1.807) is 6.20 Å². The third-order valence-corrected chi connectivity index (χ3v) is 3.22. The van der Waals surface area contributed by atoms with E-state index in [-0.39, 0.29) is 0 Å². The first-order valence-corrected chi connectivity index (χ1v) is 6.51. The molecule has 0 radical (unpaired) electrons. The van der Waals surface area contributed by atoms with Crippen molar-refractivity contribution < 1.29 is 4.42 Å². The van der Waals surface area contributed by atoms with Gasteiger partial charge in [-0.2, -0.15) is 0 Å². The Hall–Kier alpha value is -2.89. The van der Waals surface area contributed by atoms with Crippen LogP contribution in [0.3, 0.4) is 0 Å². The molecule has 0 bridgehead atoms. The first-order valence-electron chi connectivity index (χ1n) is 6.51. The van der Waals surface area contributed by atoms with Crippen molar-refractivity contribution in [3.63, 3.8) is 0 Å². The van der Waals surface area contributed by atoms with Crippen LogP contribution in [0.5, 0.6) is 0 Å². The number of aromatic amines is 2. The van der Waals surface area contributed by atoms with Crippen LogP contribution in [0.2, 0.25) is 0 Å². The lowest BCUT2D eigenvalue weighted by molar-refractivity contribution is 0.572. The summed E-state index contributed by atoms with van der Waals surface area (Å²) in [4.78, 5) is 26.1. The summed E-state index contributed by atoms with van der Waals surface area (Å²) in [7, 11) is 0. The molecule has 2 aromatic heterocycles. The van der Waals surface area contributed by atoms with Gasteiger partial charge in [-0.15, -0.1) is 0 Å². The highest BCUT2D eigenvalue weighted by Gasteiger charge is 2.02. The van der Waals surface area contributed by atoms with E-state index in [0.717, 1.165) is 23.3 Å². The van der Waals surface area contributed by atoms with Crippen LogP contribution in [0.15, 0.2) is 56.9 Å². The normalized spacial score (nSPS) is 10.7. The zero-order chi connectivity index (χ0) is 14.7. The molecular formula is C15H13N3O3. The molecule has 0 amide bonds. The fourth-order valence-electron chi connectivity index (χ4n) is 2.07. The van der Waals surface area contributed by atoms with Gasteiger partial charge in [-0.25, -0.2) is 4.98 Å². The second-order valence-corrected chi connectivity index (χ2v) is 4.68. The third-order valence-electron chi connectivity index (χ3n) is 3.22. The number of hydrogen-bond acceptors (Lipinski definition) is 4. The predicted octanol–water partition coefficient (Wildman–Crippen LogP) is 1.50. The lowest BCUT2D eigenvalue weighted by atomic mass is 10.1. The molecule has 0 spiro atoms. The molecule has 0 saturated heterocycles. The van der Waals surface area contributed by atoms with E-state index in [1.165, 1.54) is 12.5 Å². The fourth-order valence-corrected chi connectivity index (χ4v) is 2.07. The van der Waals surface area contributed by atoms with Crippen LogP contribution in [0, 0.1) is 0 Å². The summed E-state index contributed by atoms with van der Waals surface area (Å²) in [5, 5.41) is 5.04. The van der Waals surface area contributed by atoms with E-state index in [2.05, 4.69) is 15.2 Å². The number of benzene rings is 1. The van der Waals surface area contributed by atoms with Crippen molar-refractivity contribution in [1.29, 1.82) is 0 Å². The maximum atomic E-state index is 11.2. The smallest absolute Gasteiger partial charge is 0.310 e. The highest BCUT2D eigenvalue weighted by atomic mass is 16.3. The lowest BCUT2D eigenvalue weighted by Gasteiger charge is -2.03. The van der Waals surface area contributed by atoms with Crippen LogP contribution in [0.1, 0.15) is 11.3 Å². The molecule has 6 nitrogen and oxygen atoms in total. The maximum absolute atomic E-state index is 11.2. The summed E-state index contributed by atoms with van der Waals surface area (Å²) in [5.74, 6) is 0.728. The summed E-state index contributed by atoms with van der Waals surface area (Å²) < 4.78 is 5.23. The van der Waals surface area contributed by atoms with Crippen molar-refractivity contribution in [2.75, 3.05) is 0 Å². The van der Waals surface area contributed by atoms with E-state index in [0.29, 0.717) is 12.1 Å². The Morgan fingerprint density at radius 1 is 1.05 bits per heavy atom. The number of nitrogens with one attached hydrogen (secondary N) is 2. The molecule has 0 fully saturated rings. The second-order valence-electron chi connectivity index (χ2n) is 4.68. The molecule has 6 heteroatoms. The molecule has 2 N–H and O–H groups in total. The van der Waals surface area contributed by atoms with Gasteiger partial charge in [0.2, 0.25) is 5.43 Å². The fraction of sp³-hybridized carbons (Fsp3) is 0.133. The zero-order valence-corrected chi connectivity index (χ0v) is 11.1. The van der Waals surface area contributed by atoms with Gasteiger partial charge in [-0.1, -0.05) is 24.3 Å². The van der Waals surface area contributed by atoms with Crippen molar-refractivity contribution in [3.8, 4) is 11.3 Å². The van der Waals surface area contributed by atoms with Gasteiger partial charge >= 0.3 is 5.56 Å². The number of hydrogen-bond donors (Lipinski definition) is 2. The molecule has 106 valence electrons. The van der Waals surface area contributed by atoms with Gasteiger partial charge in [0.15, 0.2) is 12.2 Å². The summed E-state index contributed by atoms with van der Waals surface area (Å²) in [6.07, 6.45) is 4.47. The molecule has 0 atom stereocenters. The molecule has 3 aromatic rings. The molecular weight excluding hydrogens is 270 g/mol. The van der Waals surface area contributed by atoms with Crippen molar-refractivity contribution in [2.24, 2.45) is 0 Å². The van der Waals surface area contributed by atoms with Crippen LogP contribution in [0.4, 0.5) is 0 Å². The molecule has 0 saturated carbocycles. The summed E-state index contributed by atoms with van der Waals surface area (Å²) in [6, 6.07) is 9.27. The lowest BCUT2D eigenvalue weighted by Crippen LogP contribution is -2.27. The molecule has 0 unspecified atom stereocenters. The quantitative estimate of drug-likeness (QED) is 0.710. The molecule has 0 aliphatic heterocycles. The Balaban J connectivity index is 1.69. The minimum Gasteiger partial charge on any atom is -0.444 e. The highest BCUT2D eigenvalue weighted by Crippen LogP contribution is 2.19. The van der Waals surface area contributed by atoms with Crippen LogP contribution in [-0.2, 0) is 12.8 Å². The monoisotopic (exact) mass is 283 g/mol. The third kappa shape index (κ3) is 3.00. The largest absolute Gasteiger partial charge is 0.444 e. The summed E-state index contributed by atoms with van der Waals surface area (Å²) in [6.45, 7) is 0. The predicted molar refractivity (Wildman–Crippen MR) is 77.0 cm³/mol.